The van der Waals surface area contributed by atoms with E-state index in [0.717, 1.165) is 11.6 Å². The number of rotatable bonds is 3. The molecule has 1 heterocycles. The fourth-order valence-electron chi connectivity index (χ4n) is 1.55. The molecule has 2 aromatic rings. The minimum atomic E-state index is -1.23. The molecule has 0 aliphatic carbocycles. The SMILES string of the molecule is Cc1cnn(-c2ccc([N+](=O)[O-])cc2C(=O)O)c1. The van der Waals surface area contributed by atoms with Crippen molar-refractivity contribution in [1.29, 1.82) is 0 Å². The van der Waals surface area contributed by atoms with Gasteiger partial charge < -0.3 is 5.11 Å². The molecule has 0 unspecified atom stereocenters. The first-order chi connectivity index (χ1) is 8.49. The number of aryl methyl sites for hydroxylation is 1. The fourth-order valence-corrected chi connectivity index (χ4v) is 1.55. The van der Waals surface area contributed by atoms with Crippen molar-refractivity contribution in [2.75, 3.05) is 0 Å². The molecule has 0 fully saturated rings. The maximum atomic E-state index is 11.1. The molecule has 2 rings (SSSR count). The van der Waals surface area contributed by atoms with Crippen molar-refractivity contribution in [2.45, 2.75) is 6.92 Å². The highest BCUT2D eigenvalue weighted by atomic mass is 16.6. The van der Waals surface area contributed by atoms with Gasteiger partial charge in [0.1, 0.15) is 0 Å². The van der Waals surface area contributed by atoms with Crippen LogP contribution in [0.5, 0.6) is 0 Å². The molecule has 0 saturated carbocycles. The van der Waals surface area contributed by atoms with E-state index in [1.54, 1.807) is 12.4 Å². The van der Waals surface area contributed by atoms with Crippen LogP contribution in [0.4, 0.5) is 5.69 Å². The van der Waals surface area contributed by atoms with Crippen LogP contribution in [0.2, 0.25) is 0 Å². The fraction of sp³-hybridized carbons (Fsp3) is 0.0909. The Morgan fingerprint density at radius 1 is 1.50 bits per heavy atom. The first-order valence-corrected chi connectivity index (χ1v) is 5.02. The van der Waals surface area contributed by atoms with Gasteiger partial charge in [-0.3, -0.25) is 10.1 Å². The number of aromatic carboxylic acids is 1. The lowest BCUT2D eigenvalue weighted by molar-refractivity contribution is -0.384. The average molecular weight is 247 g/mol. The van der Waals surface area contributed by atoms with Gasteiger partial charge in [0.2, 0.25) is 0 Å². The lowest BCUT2D eigenvalue weighted by atomic mass is 10.1. The maximum absolute atomic E-state index is 11.1. The largest absolute Gasteiger partial charge is 0.478 e. The maximum Gasteiger partial charge on any atom is 0.338 e. The Balaban J connectivity index is 2.60. The number of hydrogen-bond donors (Lipinski definition) is 1. The molecular formula is C11H9N3O4. The number of hydrogen-bond acceptors (Lipinski definition) is 4. The van der Waals surface area contributed by atoms with Crippen molar-refractivity contribution in [3.63, 3.8) is 0 Å². The molecule has 0 amide bonds. The smallest absolute Gasteiger partial charge is 0.338 e. The predicted octanol–water partition coefficient (Wildman–Crippen LogP) is 1.79. The van der Waals surface area contributed by atoms with Crippen LogP contribution in [0.1, 0.15) is 15.9 Å². The number of nitro benzene ring substituents is 1. The number of non-ortho nitro benzene ring substituents is 1. The zero-order valence-corrected chi connectivity index (χ0v) is 9.40. The summed E-state index contributed by atoms with van der Waals surface area (Å²) in [7, 11) is 0. The van der Waals surface area contributed by atoms with Gasteiger partial charge in [0.15, 0.2) is 0 Å². The predicted molar refractivity (Wildman–Crippen MR) is 61.9 cm³/mol. The standard InChI is InChI=1S/C11H9N3O4/c1-7-5-12-13(6-7)10-3-2-8(14(17)18)4-9(10)11(15)16/h2-6H,1H3,(H,15,16). The Morgan fingerprint density at radius 2 is 2.22 bits per heavy atom. The zero-order chi connectivity index (χ0) is 13.3. The minimum Gasteiger partial charge on any atom is -0.478 e. The molecule has 92 valence electrons. The van der Waals surface area contributed by atoms with Gasteiger partial charge in [-0.15, -0.1) is 0 Å². The molecule has 18 heavy (non-hydrogen) atoms. The summed E-state index contributed by atoms with van der Waals surface area (Å²) in [5, 5.41) is 23.7. The number of nitrogens with zero attached hydrogens (tertiary/aromatic N) is 3. The first-order valence-electron chi connectivity index (χ1n) is 5.02. The molecule has 1 aromatic heterocycles. The molecule has 1 N–H and O–H groups in total. The Hall–Kier alpha value is -2.70. The lowest BCUT2D eigenvalue weighted by Crippen LogP contribution is -2.06. The van der Waals surface area contributed by atoms with E-state index >= 15 is 0 Å². The molecule has 7 nitrogen and oxygen atoms in total. The second kappa shape index (κ2) is 4.28. The van der Waals surface area contributed by atoms with E-state index in [0.29, 0.717) is 5.69 Å². The Labute approximate surface area is 101 Å². The third kappa shape index (κ3) is 2.05. The third-order valence-corrected chi connectivity index (χ3v) is 2.38. The molecule has 0 bridgehead atoms. The highest BCUT2D eigenvalue weighted by Gasteiger charge is 2.17. The van der Waals surface area contributed by atoms with Gasteiger partial charge in [-0.2, -0.15) is 5.10 Å². The molecular weight excluding hydrogens is 238 g/mol. The molecule has 7 heteroatoms. The van der Waals surface area contributed by atoms with Crippen LogP contribution in [0.3, 0.4) is 0 Å². The Morgan fingerprint density at radius 3 is 2.72 bits per heavy atom. The number of carboxylic acid groups (broad SMARTS) is 1. The van der Waals surface area contributed by atoms with Gasteiger partial charge in [0.05, 0.1) is 22.4 Å². The average Bonchev–Trinajstić information content (AvgIpc) is 2.74. The van der Waals surface area contributed by atoms with Crippen LogP contribution in [0.25, 0.3) is 5.69 Å². The van der Waals surface area contributed by atoms with Gasteiger partial charge in [-0.05, 0) is 18.6 Å². The number of carboxylic acids is 1. The number of carbonyl (C=O) groups is 1. The molecule has 0 aliphatic heterocycles. The summed E-state index contributed by atoms with van der Waals surface area (Å²) in [6, 6.07) is 3.64. The number of aromatic nitrogens is 2. The second-order valence-electron chi connectivity index (χ2n) is 3.73. The van der Waals surface area contributed by atoms with Crippen LogP contribution >= 0.6 is 0 Å². The van der Waals surface area contributed by atoms with E-state index in [1.807, 2.05) is 6.92 Å². The van der Waals surface area contributed by atoms with E-state index < -0.39 is 10.9 Å². The van der Waals surface area contributed by atoms with Crippen molar-refractivity contribution in [1.82, 2.24) is 9.78 Å². The molecule has 0 radical (unpaired) electrons. The quantitative estimate of drug-likeness (QED) is 0.658. The minimum absolute atomic E-state index is 0.160. The van der Waals surface area contributed by atoms with Gasteiger partial charge in [-0.1, -0.05) is 0 Å². The van der Waals surface area contributed by atoms with Crippen LogP contribution in [-0.2, 0) is 0 Å². The Kier molecular flexibility index (Phi) is 2.80. The molecule has 1 aromatic carbocycles. The lowest BCUT2D eigenvalue weighted by Gasteiger charge is -2.05. The van der Waals surface area contributed by atoms with E-state index in [2.05, 4.69) is 5.10 Å². The monoisotopic (exact) mass is 247 g/mol. The van der Waals surface area contributed by atoms with Crippen molar-refractivity contribution < 1.29 is 14.8 Å². The van der Waals surface area contributed by atoms with Gasteiger partial charge in [-0.25, -0.2) is 9.48 Å². The van der Waals surface area contributed by atoms with Crippen molar-refractivity contribution in [3.05, 3.63) is 51.8 Å². The highest BCUT2D eigenvalue weighted by Crippen LogP contribution is 2.21. The summed E-state index contributed by atoms with van der Waals surface area (Å²) < 4.78 is 1.38. The molecule has 0 aliphatic rings. The van der Waals surface area contributed by atoms with E-state index in [1.165, 1.54) is 16.8 Å². The van der Waals surface area contributed by atoms with E-state index in [-0.39, 0.29) is 11.3 Å². The van der Waals surface area contributed by atoms with E-state index in [9.17, 15) is 14.9 Å². The first kappa shape index (κ1) is 11.8. The summed E-state index contributed by atoms with van der Waals surface area (Å²) in [5.41, 5.74) is 0.734. The second-order valence-corrected chi connectivity index (χ2v) is 3.73. The molecule has 0 atom stereocenters. The normalized spacial score (nSPS) is 10.3. The van der Waals surface area contributed by atoms with Crippen molar-refractivity contribution in [2.24, 2.45) is 0 Å². The topological polar surface area (TPSA) is 98.3 Å². The summed E-state index contributed by atoms with van der Waals surface area (Å²) in [6.45, 7) is 1.81. The van der Waals surface area contributed by atoms with Crippen LogP contribution in [0.15, 0.2) is 30.6 Å². The van der Waals surface area contributed by atoms with Crippen LogP contribution in [-0.4, -0.2) is 25.8 Å². The van der Waals surface area contributed by atoms with Gasteiger partial charge >= 0.3 is 5.97 Å². The highest BCUT2D eigenvalue weighted by molar-refractivity contribution is 5.92. The number of nitro groups is 1. The molecule has 0 saturated heterocycles. The Bertz CT molecular complexity index is 633. The summed E-state index contributed by atoms with van der Waals surface area (Å²) in [4.78, 5) is 21.1. The summed E-state index contributed by atoms with van der Waals surface area (Å²) >= 11 is 0. The van der Waals surface area contributed by atoms with Crippen molar-refractivity contribution in [3.8, 4) is 5.69 Å². The summed E-state index contributed by atoms with van der Waals surface area (Å²) in [5.74, 6) is -1.23. The number of benzene rings is 1. The van der Waals surface area contributed by atoms with Crippen LogP contribution < -0.4 is 0 Å². The van der Waals surface area contributed by atoms with Gasteiger partial charge in [0.25, 0.3) is 5.69 Å². The van der Waals surface area contributed by atoms with Gasteiger partial charge in [0, 0.05) is 18.3 Å². The van der Waals surface area contributed by atoms with Crippen LogP contribution in [0, 0.1) is 17.0 Å². The zero-order valence-electron chi connectivity index (χ0n) is 9.40. The third-order valence-electron chi connectivity index (χ3n) is 2.38. The summed E-state index contributed by atoms with van der Waals surface area (Å²) in [6.07, 6.45) is 3.22. The molecule has 0 spiro atoms. The van der Waals surface area contributed by atoms with Crippen molar-refractivity contribution >= 4 is 11.7 Å². The van der Waals surface area contributed by atoms with E-state index in [4.69, 9.17) is 5.11 Å².